The molecular formula is C23H31N3O4S2. The van der Waals surface area contributed by atoms with Crippen molar-refractivity contribution in [3.8, 4) is 0 Å². The number of aromatic nitrogens is 1. The first-order valence-electron chi connectivity index (χ1n) is 10.7. The van der Waals surface area contributed by atoms with E-state index in [0.29, 0.717) is 29.8 Å². The minimum Gasteiger partial charge on any atom is -0.464 e. The summed E-state index contributed by atoms with van der Waals surface area (Å²) in [6.45, 7) is 11.2. The lowest BCUT2D eigenvalue weighted by Crippen LogP contribution is -2.51. The Balaban J connectivity index is 1.92. The Labute approximate surface area is 193 Å². The minimum absolute atomic E-state index is 0.0953. The molecule has 2 aromatic heterocycles. The predicted molar refractivity (Wildman–Crippen MR) is 127 cm³/mol. The molecule has 1 unspecified atom stereocenters. The summed E-state index contributed by atoms with van der Waals surface area (Å²) in [4.78, 5) is 19.9. The lowest BCUT2D eigenvalue weighted by atomic mass is 10.1. The van der Waals surface area contributed by atoms with Crippen molar-refractivity contribution >= 4 is 38.2 Å². The third-order valence-electron chi connectivity index (χ3n) is 4.89. The number of nitrogens with zero attached hydrogens (tertiary/aromatic N) is 2. The molecule has 1 atom stereocenters. The van der Waals surface area contributed by atoms with E-state index in [1.807, 2.05) is 40.0 Å². The number of furan rings is 1. The zero-order valence-corrected chi connectivity index (χ0v) is 20.8. The van der Waals surface area contributed by atoms with Gasteiger partial charge in [0.2, 0.25) is 15.9 Å². The number of carbonyl (C=O) groups is 1. The van der Waals surface area contributed by atoms with E-state index >= 15 is 0 Å². The van der Waals surface area contributed by atoms with Gasteiger partial charge >= 0.3 is 0 Å². The van der Waals surface area contributed by atoms with Crippen molar-refractivity contribution in [2.24, 2.45) is 11.8 Å². The Morgan fingerprint density at radius 2 is 1.84 bits per heavy atom. The van der Waals surface area contributed by atoms with Crippen LogP contribution < -0.4 is 4.72 Å². The van der Waals surface area contributed by atoms with Crippen LogP contribution in [0.3, 0.4) is 0 Å². The molecule has 1 aromatic carbocycles. The van der Waals surface area contributed by atoms with Crippen molar-refractivity contribution in [2.45, 2.75) is 52.0 Å². The van der Waals surface area contributed by atoms with Crippen molar-refractivity contribution in [1.82, 2.24) is 14.6 Å². The van der Waals surface area contributed by atoms with Gasteiger partial charge in [0.05, 0.1) is 21.9 Å². The first-order chi connectivity index (χ1) is 15.0. The highest BCUT2D eigenvalue weighted by molar-refractivity contribution is 7.89. The Hall–Kier alpha value is -2.23. The van der Waals surface area contributed by atoms with Gasteiger partial charge in [-0.2, -0.15) is 4.72 Å². The number of amides is 1. The maximum absolute atomic E-state index is 13.6. The highest BCUT2D eigenvalue weighted by atomic mass is 32.2. The number of sulfonamides is 1. The largest absolute Gasteiger partial charge is 0.464 e. The lowest BCUT2D eigenvalue weighted by molar-refractivity contribution is -0.134. The maximum Gasteiger partial charge on any atom is 0.241 e. The number of hydrogen-bond donors (Lipinski definition) is 1. The Morgan fingerprint density at radius 3 is 2.44 bits per heavy atom. The standard InChI is InChI=1S/C23H31N3O4S2/c1-15(2)12-26(13-16(3)4)23(27)21(11-19-14-31-17(5)24-19)25-32(28,29)20-6-7-22-18(10-20)8-9-30-22/h6-10,14-16,21,25H,11-13H2,1-5H3. The average molecular weight is 478 g/mol. The van der Waals surface area contributed by atoms with Crippen LogP contribution in [0.15, 0.2) is 45.2 Å². The summed E-state index contributed by atoms with van der Waals surface area (Å²) in [6.07, 6.45) is 1.71. The second kappa shape index (κ2) is 10.1. The van der Waals surface area contributed by atoms with Gasteiger partial charge in [0.15, 0.2) is 0 Å². The summed E-state index contributed by atoms with van der Waals surface area (Å²) >= 11 is 1.48. The van der Waals surface area contributed by atoms with E-state index in [1.165, 1.54) is 23.7 Å². The van der Waals surface area contributed by atoms with E-state index in [9.17, 15) is 13.2 Å². The third-order valence-corrected chi connectivity index (χ3v) is 7.18. The SMILES string of the molecule is Cc1nc(CC(NS(=O)(=O)c2ccc3occc3c2)C(=O)N(CC(C)C)CC(C)C)cs1. The number of carbonyl (C=O) groups excluding carboxylic acids is 1. The molecule has 0 saturated heterocycles. The topological polar surface area (TPSA) is 92.5 Å². The highest BCUT2D eigenvalue weighted by Gasteiger charge is 2.31. The maximum atomic E-state index is 13.6. The number of hydrogen-bond acceptors (Lipinski definition) is 6. The third kappa shape index (κ3) is 6.17. The fraction of sp³-hybridized carbons (Fsp3) is 0.478. The molecule has 3 rings (SSSR count). The number of benzene rings is 1. The quantitative estimate of drug-likeness (QED) is 0.472. The smallest absolute Gasteiger partial charge is 0.241 e. The monoisotopic (exact) mass is 477 g/mol. The van der Waals surface area contributed by atoms with Gasteiger partial charge in [-0.15, -0.1) is 11.3 Å². The van der Waals surface area contributed by atoms with Crippen LogP contribution in [0.1, 0.15) is 38.4 Å². The van der Waals surface area contributed by atoms with E-state index in [4.69, 9.17) is 4.42 Å². The van der Waals surface area contributed by atoms with Crippen molar-refractivity contribution < 1.29 is 17.6 Å². The van der Waals surface area contributed by atoms with E-state index in [2.05, 4.69) is 9.71 Å². The van der Waals surface area contributed by atoms with Crippen LogP contribution in [-0.2, 0) is 21.2 Å². The van der Waals surface area contributed by atoms with Gasteiger partial charge in [-0.25, -0.2) is 13.4 Å². The minimum atomic E-state index is -3.94. The summed E-state index contributed by atoms with van der Waals surface area (Å²) in [5.41, 5.74) is 1.31. The van der Waals surface area contributed by atoms with Crippen molar-refractivity contribution in [3.63, 3.8) is 0 Å². The number of thiazole rings is 1. The van der Waals surface area contributed by atoms with Gasteiger partial charge in [-0.05, 0) is 43.0 Å². The molecule has 0 bridgehead atoms. The van der Waals surface area contributed by atoms with E-state index in [-0.39, 0.29) is 29.1 Å². The normalized spacial score (nSPS) is 13.2. The fourth-order valence-electron chi connectivity index (χ4n) is 3.61. The molecule has 0 fully saturated rings. The molecule has 0 spiro atoms. The zero-order chi connectivity index (χ0) is 23.5. The summed E-state index contributed by atoms with van der Waals surface area (Å²) < 4.78 is 34.5. The van der Waals surface area contributed by atoms with Crippen LogP contribution in [0.2, 0.25) is 0 Å². The average Bonchev–Trinajstić information content (AvgIpc) is 3.33. The van der Waals surface area contributed by atoms with Crippen LogP contribution in [0, 0.1) is 18.8 Å². The fourth-order valence-corrected chi connectivity index (χ4v) is 5.46. The van der Waals surface area contributed by atoms with Gasteiger partial charge in [-0.3, -0.25) is 4.79 Å². The van der Waals surface area contributed by atoms with Crippen LogP contribution in [-0.4, -0.2) is 43.3 Å². The predicted octanol–water partition coefficient (Wildman–Crippen LogP) is 4.23. The molecule has 0 radical (unpaired) electrons. The first kappa shape index (κ1) is 24.4. The number of aryl methyl sites for hydroxylation is 1. The molecule has 0 aliphatic heterocycles. The Bertz CT molecular complexity index is 1150. The van der Waals surface area contributed by atoms with Crippen LogP contribution in [0.4, 0.5) is 0 Å². The van der Waals surface area contributed by atoms with Crippen molar-refractivity contribution in [1.29, 1.82) is 0 Å². The van der Waals surface area contributed by atoms with Gasteiger partial charge in [0.25, 0.3) is 0 Å². The van der Waals surface area contributed by atoms with E-state index < -0.39 is 16.1 Å². The molecule has 7 nitrogen and oxygen atoms in total. The number of nitrogens with one attached hydrogen (secondary N) is 1. The van der Waals surface area contributed by atoms with Crippen LogP contribution in [0.5, 0.6) is 0 Å². The summed E-state index contributed by atoms with van der Waals surface area (Å²) in [7, 11) is -3.94. The van der Waals surface area contributed by atoms with E-state index in [0.717, 1.165) is 5.01 Å². The number of rotatable bonds is 10. The molecule has 32 heavy (non-hydrogen) atoms. The highest BCUT2D eigenvalue weighted by Crippen LogP contribution is 2.21. The molecule has 0 aliphatic rings. The van der Waals surface area contributed by atoms with Crippen LogP contribution in [0.25, 0.3) is 11.0 Å². The molecule has 0 aliphatic carbocycles. The summed E-state index contributed by atoms with van der Waals surface area (Å²) in [6, 6.07) is 5.42. The zero-order valence-electron chi connectivity index (χ0n) is 19.2. The van der Waals surface area contributed by atoms with E-state index in [1.54, 1.807) is 23.1 Å². The summed E-state index contributed by atoms with van der Waals surface area (Å²) in [5.74, 6) is 0.297. The molecule has 1 N–H and O–H groups in total. The molecule has 0 saturated carbocycles. The molecule has 2 heterocycles. The van der Waals surface area contributed by atoms with Crippen LogP contribution >= 0.6 is 11.3 Å². The van der Waals surface area contributed by atoms with Gasteiger partial charge < -0.3 is 9.32 Å². The Morgan fingerprint density at radius 1 is 1.16 bits per heavy atom. The Kier molecular flexibility index (Phi) is 7.74. The number of fused-ring (bicyclic) bond motifs is 1. The second-order valence-corrected chi connectivity index (χ2v) is 11.7. The van der Waals surface area contributed by atoms with Crippen molar-refractivity contribution in [2.75, 3.05) is 13.1 Å². The summed E-state index contributed by atoms with van der Waals surface area (Å²) in [5, 5.41) is 3.43. The molecule has 174 valence electrons. The van der Waals surface area contributed by atoms with Gasteiger partial charge in [0.1, 0.15) is 11.6 Å². The van der Waals surface area contributed by atoms with Gasteiger partial charge in [-0.1, -0.05) is 27.7 Å². The lowest BCUT2D eigenvalue weighted by Gasteiger charge is -2.30. The molecular weight excluding hydrogens is 446 g/mol. The molecule has 1 amide bonds. The molecule has 3 aromatic rings. The molecule has 9 heteroatoms. The van der Waals surface area contributed by atoms with Gasteiger partial charge in [0, 0.05) is 30.3 Å². The first-order valence-corrected chi connectivity index (χ1v) is 13.1. The van der Waals surface area contributed by atoms with Crippen molar-refractivity contribution in [3.05, 3.63) is 46.6 Å². The second-order valence-electron chi connectivity index (χ2n) is 8.89.